The first-order valence-corrected chi connectivity index (χ1v) is 10.0. The summed E-state index contributed by atoms with van der Waals surface area (Å²) in [6, 6.07) is 3.92. The van der Waals surface area contributed by atoms with Gasteiger partial charge in [-0.15, -0.1) is 11.3 Å². The summed E-state index contributed by atoms with van der Waals surface area (Å²) in [5, 5.41) is 2.98. The zero-order chi connectivity index (χ0) is 20.8. The third-order valence-electron chi connectivity index (χ3n) is 5.32. The van der Waals surface area contributed by atoms with Gasteiger partial charge in [0, 0.05) is 24.2 Å². The summed E-state index contributed by atoms with van der Waals surface area (Å²) in [6.45, 7) is -0.260. The Morgan fingerprint density at radius 3 is 2.66 bits per heavy atom. The Bertz CT molecular complexity index is 962. The highest BCUT2D eigenvalue weighted by molar-refractivity contribution is 7.13. The number of nitrogens with zero attached hydrogens (tertiary/aromatic N) is 1. The summed E-state index contributed by atoms with van der Waals surface area (Å²) in [6.07, 6.45) is 0.606. The van der Waals surface area contributed by atoms with Gasteiger partial charge in [0.1, 0.15) is 11.6 Å². The van der Waals surface area contributed by atoms with Crippen molar-refractivity contribution in [3.05, 3.63) is 45.1 Å². The van der Waals surface area contributed by atoms with Crippen molar-refractivity contribution in [1.29, 1.82) is 0 Å². The molecule has 29 heavy (non-hydrogen) atoms. The molecule has 1 aromatic carbocycles. The van der Waals surface area contributed by atoms with Gasteiger partial charge in [0.15, 0.2) is 17.4 Å². The molecule has 154 valence electrons. The van der Waals surface area contributed by atoms with E-state index >= 15 is 0 Å². The van der Waals surface area contributed by atoms with Crippen LogP contribution in [0.25, 0.3) is 0 Å². The molecule has 3 aliphatic carbocycles. The lowest BCUT2D eigenvalue weighted by Crippen LogP contribution is -2.75. The first-order valence-electron chi connectivity index (χ1n) is 8.85. The molecule has 0 unspecified atom stereocenters. The van der Waals surface area contributed by atoms with Gasteiger partial charge in [0.05, 0.1) is 9.90 Å². The van der Waals surface area contributed by atoms with E-state index in [-0.39, 0.29) is 56.3 Å². The van der Waals surface area contributed by atoms with Crippen LogP contribution >= 0.6 is 22.9 Å². The molecule has 0 spiro atoms. The van der Waals surface area contributed by atoms with Gasteiger partial charge in [-0.2, -0.15) is 0 Å². The number of halogens is 4. The molecule has 3 saturated carbocycles. The lowest BCUT2D eigenvalue weighted by Gasteiger charge is -2.70. The number of hydrogen-bond acceptors (Lipinski definition) is 5. The number of nitrogens with one attached hydrogen (secondary N) is 1. The highest BCUT2D eigenvalue weighted by Gasteiger charge is 2.68. The number of benzene rings is 1. The van der Waals surface area contributed by atoms with Crippen LogP contribution in [0.2, 0.25) is 5.02 Å². The van der Waals surface area contributed by atoms with Crippen molar-refractivity contribution in [3.63, 3.8) is 0 Å². The molecule has 1 heterocycles. The summed E-state index contributed by atoms with van der Waals surface area (Å²) >= 11 is 6.32. The van der Waals surface area contributed by atoms with Crippen molar-refractivity contribution in [1.82, 2.24) is 10.3 Å². The van der Waals surface area contributed by atoms with Crippen LogP contribution < -0.4 is 10.1 Å². The third-order valence-corrected chi connectivity index (χ3v) is 6.67. The monoisotopic (exact) mass is 444 g/mol. The Kier molecular flexibility index (Phi) is 5.06. The lowest BCUT2D eigenvalue weighted by atomic mass is 9.38. The predicted molar refractivity (Wildman–Crippen MR) is 100 cm³/mol. The molecule has 0 atom stereocenters. The summed E-state index contributed by atoms with van der Waals surface area (Å²) < 4.78 is 43.9. The minimum Gasteiger partial charge on any atom is -0.484 e. The summed E-state index contributed by atoms with van der Waals surface area (Å²) in [7, 11) is 0. The largest absolute Gasteiger partial charge is 0.484 e. The van der Waals surface area contributed by atoms with Gasteiger partial charge in [-0.3, -0.25) is 9.59 Å². The van der Waals surface area contributed by atoms with Crippen molar-refractivity contribution in [3.8, 4) is 5.75 Å². The SMILES string of the molecule is O=C(COc1ccc(Cl)c(F)c1)NC12CC(CC(=O)c3ncc(C(F)F)s3)(C1)C2. The standard InChI is InChI=1S/C19H16ClF3N2O3S/c20-11-2-1-10(3-12(11)21)28-6-15(27)25-19-7-18(8-19,9-19)4-13(26)17-24-5-14(29-17)16(22)23/h1-3,5,16H,4,6-9H2,(H,25,27). The topological polar surface area (TPSA) is 68.3 Å². The third kappa shape index (κ3) is 3.98. The van der Waals surface area contributed by atoms with Crippen LogP contribution in [0.15, 0.2) is 24.4 Å². The van der Waals surface area contributed by atoms with Crippen LogP contribution in [0.3, 0.4) is 0 Å². The van der Waals surface area contributed by atoms with E-state index in [9.17, 15) is 22.8 Å². The van der Waals surface area contributed by atoms with Crippen LogP contribution in [-0.4, -0.2) is 28.8 Å². The van der Waals surface area contributed by atoms with Gasteiger partial charge in [0.2, 0.25) is 0 Å². The fraction of sp³-hybridized carbons (Fsp3) is 0.421. The van der Waals surface area contributed by atoms with Crippen LogP contribution in [0.5, 0.6) is 5.75 Å². The highest BCUT2D eigenvalue weighted by Crippen LogP contribution is 2.69. The van der Waals surface area contributed by atoms with E-state index in [2.05, 4.69) is 10.3 Å². The molecule has 2 aromatic rings. The highest BCUT2D eigenvalue weighted by atomic mass is 35.5. The van der Waals surface area contributed by atoms with E-state index in [4.69, 9.17) is 16.3 Å². The molecule has 0 saturated heterocycles. The maximum atomic E-state index is 13.4. The van der Waals surface area contributed by atoms with E-state index in [1.54, 1.807) is 0 Å². The fourth-order valence-electron chi connectivity index (χ4n) is 4.30. The van der Waals surface area contributed by atoms with E-state index in [0.717, 1.165) is 23.6 Å². The maximum Gasteiger partial charge on any atom is 0.274 e. The van der Waals surface area contributed by atoms with Crippen molar-refractivity contribution in [2.75, 3.05) is 6.61 Å². The molecule has 5 nitrogen and oxygen atoms in total. The average Bonchev–Trinajstić information content (AvgIpc) is 3.10. The number of ether oxygens (including phenoxy) is 1. The van der Waals surface area contributed by atoms with Crippen LogP contribution in [0.1, 0.15) is 46.8 Å². The van der Waals surface area contributed by atoms with Gasteiger partial charge in [0.25, 0.3) is 12.3 Å². The van der Waals surface area contributed by atoms with E-state index < -0.39 is 12.2 Å². The molecular weight excluding hydrogens is 429 g/mol. The van der Waals surface area contributed by atoms with Gasteiger partial charge in [-0.05, 0) is 36.8 Å². The van der Waals surface area contributed by atoms with Crippen molar-refractivity contribution < 1.29 is 27.5 Å². The van der Waals surface area contributed by atoms with E-state index in [1.807, 2.05) is 0 Å². The number of carbonyl (C=O) groups is 2. The first kappa shape index (κ1) is 20.2. The summed E-state index contributed by atoms with van der Waals surface area (Å²) in [5.41, 5.74) is -0.538. The Balaban J connectivity index is 1.23. The Morgan fingerprint density at radius 2 is 2.03 bits per heavy atom. The second-order valence-corrected chi connectivity index (χ2v) is 9.16. The van der Waals surface area contributed by atoms with Crippen LogP contribution in [0, 0.1) is 11.2 Å². The van der Waals surface area contributed by atoms with Gasteiger partial charge >= 0.3 is 0 Å². The smallest absolute Gasteiger partial charge is 0.274 e. The number of thiazole rings is 1. The Labute approximate surface area is 173 Å². The number of rotatable bonds is 8. The molecule has 1 N–H and O–H groups in total. The number of carbonyl (C=O) groups excluding carboxylic acids is 2. The number of aromatic nitrogens is 1. The molecule has 2 bridgehead atoms. The summed E-state index contributed by atoms with van der Waals surface area (Å²) in [5.74, 6) is -0.999. The predicted octanol–water partition coefficient (Wildman–Crippen LogP) is 4.56. The Morgan fingerprint density at radius 1 is 1.31 bits per heavy atom. The van der Waals surface area contributed by atoms with Crippen LogP contribution in [0.4, 0.5) is 13.2 Å². The molecule has 1 amide bonds. The molecule has 10 heteroatoms. The molecular formula is C19H16ClF3N2O3S. The molecule has 0 aliphatic heterocycles. The summed E-state index contributed by atoms with van der Waals surface area (Å²) in [4.78, 5) is 28.0. The quantitative estimate of drug-likeness (QED) is 0.606. The number of alkyl halides is 2. The number of ketones is 1. The normalized spacial score (nSPS) is 24.6. The van der Waals surface area contributed by atoms with E-state index in [0.29, 0.717) is 19.3 Å². The lowest BCUT2D eigenvalue weighted by molar-refractivity contribution is -0.164. The number of hydrogen-bond donors (Lipinski definition) is 1. The minimum atomic E-state index is -2.63. The number of Topliss-reactive ketones (excluding diaryl/α,β-unsaturated/α-hetero) is 1. The second kappa shape index (κ2) is 7.28. The first-order chi connectivity index (χ1) is 13.7. The van der Waals surface area contributed by atoms with Crippen molar-refractivity contribution in [2.24, 2.45) is 5.41 Å². The maximum absolute atomic E-state index is 13.4. The zero-order valence-electron chi connectivity index (χ0n) is 15.0. The molecule has 5 rings (SSSR count). The van der Waals surface area contributed by atoms with Crippen LogP contribution in [-0.2, 0) is 4.79 Å². The van der Waals surface area contributed by atoms with Crippen molar-refractivity contribution in [2.45, 2.75) is 37.6 Å². The minimum absolute atomic E-state index is 0.0290. The molecule has 3 fully saturated rings. The second-order valence-electron chi connectivity index (χ2n) is 7.69. The van der Waals surface area contributed by atoms with Gasteiger partial charge in [-0.1, -0.05) is 11.6 Å². The Hall–Kier alpha value is -2.13. The zero-order valence-corrected chi connectivity index (χ0v) is 16.6. The van der Waals surface area contributed by atoms with Gasteiger partial charge in [-0.25, -0.2) is 18.2 Å². The van der Waals surface area contributed by atoms with E-state index in [1.165, 1.54) is 12.1 Å². The van der Waals surface area contributed by atoms with Crippen molar-refractivity contribution >= 4 is 34.6 Å². The molecule has 1 aromatic heterocycles. The molecule has 0 radical (unpaired) electrons. The molecule has 3 aliphatic rings. The number of amides is 1. The fourth-order valence-corrected chi connectivity index (χ4v) is 5.12. The van der Waals surface area contributed by atoms with Gasteiger partial charge < -0.3 is 10.1 Å². The average molecular weight is 445 g/mol.